The average Bonchev–Trinajstić information content (AvgIpc) is 3.39. The number of piperidine rings is 1. The van der Waals surface area contributed by atoms with Crippen molar-refractivity contribution in [2.45, 2.75) is 37.6 Å². The van der Waals surface area contributed by atoms with Gasteiger partial charge in [-0.2, -0.15) is 10.2 Å². The van der Waals surface area contributed by atoms with Gasteiger partial charge in [0.05, 0.1) is 34.1 Å². The fourth-order valence-electron chi connectivity index (χ4n) is 4.38. The maximum absolute atomic E-state index is 13.3. The Hall–Kier alpha value is -2.71. The van der Waals surface area contributed by atoms with Crippen LogP contribution in [0.25, 0.3) is 11.8 Å². The number of aromatic nitrogens is 4. The van der Waals surface area contributed by atoms with E-state index in [2.05, 4.69) is 40.6 Å². The molecule has 0 saturated carbocycles. The van der Waals surface area contributed by atoms with Gasteiger partial charge in [-0.05, 0) is 74.5 Å². The Bertz CT molecular complexity index is 1150. The first-order chi connectivity index (χ1) is 15.0. The first-order valence-electron chi connectivity index (χ1n) is 10.4. The van der Waals surface area contributed by atoms with E-state index in [1.54, 1.807) is 24.1 Å². The lowest BCUT2D eigenvalue weighted by Crippen LogP contribution is -2.45. The molecule has 0 bridgehead atoms. The number of hydrogen-bond donors (Lipinski definition) is 0. The summed E-state index contributed by atoms with van der Waals surface area (Å²) in [4.78, 5) is 13.5. The predicted octanol–water partition coefficient (Wildman–Crippen LogP) is 4.33. The summed E-state index contributed by atoms with van der Waals surface area (Å²) in [6.07, 6.45) is 10.4. The van der Waals surface area contributed by atoms with Gasteiger partial charge in [0.1, 0.15) is 12.1 Å². The van der Waals surface area contributed by atoms with Crippen LogP contribution in [0, 0.1) is 11.2 Å². The van der Waals surface area contributed by atoms with Crippen molar-refractivity contribution in [3.05, 3.63) is 65.5 Å². The smallest absolute Gasteiger partial charge is 0.131 e. The number of nitrogens with zero attached hydrogens (tertiary/aromatic N) is 5. The third-order valence-electron chi connectivity index (χ3n) is 6.07. The number of fused-ring (bicyclic) bond motifs is 2. The Kier molecular flexibility index (Phi) is 5.06. The van der Waals surface area contributed by atoms with E-state index in [4.69, 9.17) is 0 Å². The SMILES string of the molecule is CC(C)n1cc(SN2CCC3=Cc4c(cnn4-c4ccc(F)cc4)CC3(C=O)C2)cn1. The van der Waals surface area contributed by atoms with Crippen molar-refractivity contribution < 1.29 is 9.18 Å². The summed E-state index contributed by atoms with van der Waals surface area (Å²) in [6.45, 7) is 5.72. The summed E-state index contributed by atoms with van der Waals surface area (Å²) in [6, 6.07) is 6.64. The van der Waals surface area contributed by atoms with Crippen LogP contribution in [0.3, 0.4) is 0 Å². The zero-order chi connectivity index (χ0) is 21.6. The molecule has 2 aromatic heterocycles. The Balaban J connectivity index is 1.40. The molecule has 1 aliphatic heterocycles. The minimum Gasteiger partial charge on any atom is -0.302 e. The molecule has 31 heavy (non-hydrogen) atoms. The van der Waals surface area contributed by atoms with Crippen molar-refractivity contribution in [3.63, 3.8) is 0 Å². The van der Waals surface area contributed by atoms with Gasteiger partial charge in [0.25, 0.3) is 0 Å². The Morgan fingerprint density at radius 2 is 2.00 bits per heavy atom. The molecule has 6 nitrogen and oxygen atoms in total. The largest absolute Gasteiger partial charge is 0.302 e. The summed E-state index contributed by atoms with van der Waals surface area (Å²) in [5, 5.41) is 8.95. The molecule has 1 aromatic carbocycles. The highest BCUT2D eigenvalue weighted by Crippen LogP contribution is 2.45. The molecule has 160 valence electrons. The molecule has 0 radical (unpaired) electrons. The molecular weight excluding hydrogens is 413 g/mol. The van der Waals surface area contributed by atoms with Crippen molar-refractivity contribution in [3.8, 4) is 5.69 Å². The summed E-state index contributed by atoms with van der Waals surface area (Å²) >= 11 is 1.66. The highest BCUT2D eigenvalue weighted by atomic mass is 32.2. The topological polar surface area (TPSA) is 56.0 Å². The molecule has 0 N–H and O–H groups in total. The number of hydrogen-bond acceptors (Lipinski definition) is 5. The second kappa shape index (κ2) is 7.76. The van der Waals surface area contributed by atoms with E-state index in [1.165, 1.54) is 12.1 Å². The van der Waals surface area contributed by atoms with Crippen molar-refractivity contribution in [1.82, 2.24) is 23.9 Å². The van der Waals surface area contributed by atoms with Gasteiger partial charge >= 0.3 is 0 Å². The van der Waals surface area contributed by atoms with Crippen LogP contribution in [0.15, 0.2) is 53.3 Å². The van der Waals surface area contributed by atoms with E-state index in [-0.39, 0.29) is 5.82 Å². The monoisotopic (exact) mass is 437 g/mol. The van der Waals surface area contributed by atoms with Crippen LogP contribution >= 0.6 is 11.9 Å². The number of benzene rings is 1. The third-order valence-corrected chi connectivity index (χ3v) is 7.06. The van der Waals surface area contributed by atoms with Crippen LogP contribution in [0.1, 0.15) is 37.6 Å². The van der Waals surface area contributed by atoms with Crippen molar-refractivity contribution >= 4 is 24.3 Å². The minimum absolute atomic E-state index is 0.271. The van der Waals surface area contributed by atoms with E-state index >= 15 is 0 Å². The Labute approximate surface area is 184 Å². The quantitative estimate of drug-likeness (QED) is 0.439. The molecule has 1 saturated heterocycles. The third kappa shape index (κ3) is 3.64. The van der Waals surface area contributed by atoms with E-state index < -0.39 is 5.41 Å². The number of aldehydes is 1. The number of rotatable bonds is 5. The summed E-state index contributed by atoms with van der Waals surface area (Å²) in [5.41, 5.74) is 3.45. The van der Waals surface area contributed by atoms with Crippen molar-refractivity contribution in [1.29, 1.82) is 0 Å². The van der Waals surface area contributed by atoms with Crippen LogP contribution in [-0.4, -0.2) is 43.2 Å². The zero-order valence-electron chi connectivity index (χ0n) is 17.5. The van der Waals surface area contributed by atoms with Crippen LogP contribution in [0.4, 0.5) is 4.39 Å². The molecular formula is C23H24FN5OS. The number of carbonyl (C=O) groups excluding carboxylic acids is 1. The van der Waals surface area contributed by atoms with Crippen LogP contribution in [0.5, 0.6) is 0 Å². The molecule has 1 unspecified atom stereocenters. The average molecular weight is 438 g/mol. The van der Waals surface area contributed by atoms with E-state index in [1.807, 2.05) is 21.8 Å². The molecule has 1 atom stereocenters. The molecule has 3 heterocycles. The van der Waals surface area contributed by atoms with Crippen LogP contribution < -0.4 is 0 Å². The van der Waals surface area contributed by atoms with Gasteiger partial charge in [-0.15, -0.1) is 0 Å². The fraction of sp³-hybridized carbons (Fsp3) is 0.348. The van der Waals surface area contributed by atoms with Crippen molar-refractivity contribution in [2.24, 2.45) is 5.41 Å². The highest BCUT2D eigenvalue weighted by Gasteiger charge is 2.43. The number of halogens is 1. The van der Waals surface area contributed by atoms with E-state index in [0.717, 1.165) is 46.7 Å². The lowest BCUT2D eigenvalue weighted by atomic mass is 9.70. The minimum atomic E-state index is -0.539. The maximum atomic E-state index is 13.3. The zero-order valence-corrected chi connectivity index (χ0v) is 18.3. The first-order valence-corrected chi connectivity index (χ1v) is 11.2. The highest BCUT2D eigenvalue weighted by molar-refractivity contribution is 7.97. The first kappa shape index (κ1) is 20.2. The van der Waals surface area contributed by atoms with Gasteiger partial charge in [-0.25, -0.2) is 13.4 Å². The molecule has 1 fully saturated rings. The molecule has 3 aromatic rings. The van der Waals surface area contributed by atoms with Gasteiger partial charge in [0, 0.05) is 25.3 Å². The normalized spacial score (nSPS) is 21.0. The predicted molar refractivity (Wildman–Crippen MR) is 118 cm³/mol. The Morgan fingerprint density at radius 3 is 2.71 bits per heavy atom. The van der Waals surface area contributed by atoms with E-state index in [0.29, 0.717) is 19.0 Å². The van der Waals surface area contributed by atoms with E-state index in [9.17, 15) is 9.18 Å². The summed E-state index contributed by atoms with van der Waals surface area (Å²) < 4.78 is 19.4. The molecule has 2 aliphatic rings. The molecule has 1 aliphatic carbocycles. The fourth-order valence-corrected chi connectivity index (χ4v) is 5.41. The molecule has 8 heteroatoms. The lowest BCUT2D eigenvalue weighted by Gasteiger charge is -2.42. The van der Waals surface area contributed by atoms with Gasteiger partial charge in [-0.3, -0.25) is 4.68 Å². The summed E-state index contributed by atoms with van der Waals surface area (Å²) in [7, 11) is 0. The molecule has 0 spiro atoms. The van der Waals surface area contributed by atoms with Crippen LogP contribution in [0.2, 0.25) is 0 Å². The summed E-state index contributed by atoms with van der Waals surface area (Å²) in [5.74, 6) is -0.271. The standard InChI is InChI=1S/C23H24FN5OS/c1-16(2)28-13-21(12-25-28)31-27-8-7-18-9-22-17(10-23(18,14-27)15-30)11-26-29(22)20-5-3-19(24)4-6-20/h3-6,9,11-13,15-16H,7-8,10,14H2,1-2H3. The van der Waals surface area contributed by atoms with Gasteiger partial charge in [0.2, 0.25) is 0 Å². The maximum Gasteiger partial charge on any atom is 0.131 e. The van der Waals surface area contributed by atoms with Gasteiger partial charge in [-0.1, -0.05) is 5.57 Å². The van der Waals surface area contributed by atoms with Crippen molar-refractivity contribution in [2.75, 3.05) is 13.1 Å². The number of carbonyl (C=O) groups is 1. The Morgan fingerprint density at radius 1 is 1.19 bits per heavy atom. The molecule has 5 rings (SSSR count). The second-order valence-electron chi connectivity index (χ2n) is 8.52. The van der Waals surface area contributed by atoms with Gasteiger partial charge < -0.3 is 4.79 Å². The van der Waals surface area contributed by atoms with Gasteiger partial charge in [0.15, 0.2) is 0 Å². The molecule has 0 amide bonds. The lowest BCUT2D eigenvalue weighted by molar-refractivity contribution is -0.115. The second-order valence-corrected chi connectivity index (χ2v) is 9.69. The van der Waals surface area contributed by atoms with Crippen LogP contribution in [-0.2, 0) is 11.2 Å².